The van der Waals surface area contributed by atoms with E-state index in [0.29, 0.717) is 27.3 Å². The van der Waals surface area contributed by atoms with E-state index in [2.05, 4.69) is 0 Å². The molecule has 2 aromatic carbocycles. The van der Waals surface area contributed by atoms with Gasteiger partial charge in [-0.25, -0.2) is 4.79 Å². The van der Waals surface area contributed by atoms with Crippen LogP contribution >= 0.6 is 11.6 Å². The number of hydrogen-bond acceptors (Lipinski definition) is 4. The number of allylic oxidation sites excluding steroid dienone is 3. The number of carbonyl (C=O) groups excluding carboxylic acids is 2. The molecule has 4 nitrogen and oxygen atoms in total. The second-order valence-corrected chi connectivity index (χ2v) is 6.68. The second kappa shape index (κ2) is 8.28. The van der Waals surface area contributed by atoms with Gasteiger partial charge in [0.2, 0.25) is 0 Å². The van der Waals surface area contributed by atoms with Crippen molar-refractivity contribution in [2.24, 2.45) is 0 Å². The molecular weight excluding hydrogens is 376 g/mol. The predicted octanol–water partition coefficient (Wildman–Crippen LogP) is 5.31. The van der Waals surface area contributed by atoms with Crippen LogP contribution < -0.4 is 0 Å². The van der Waals surface area contributed by atoms with Crippen LogP contribution in [0.4, 0.5) is 0 Å². The first-order valence-corrected chi connectivity index (χ1v) is 9.21. The zero-order valence-electron chi connectivity index (χ0n) is 15.5. The Labute approximate surface area is 168 Å². The molecule has 1 aliphatic rings. The molecular formula is C23H19ClO4. The molecule has 3 rings (SSSR count). The van der Waals surface area contributed by atoms with Gasteiger partial charge in [0, 0.05) is 27.3 Å². The summed E-state index contributed by atoms with van der Waals surface area (Å²) < 4.78 is 5.12. The van der Waals surface area contributed by atoms with Crippen molar-refractivity contribution in [2.75, 3.05) is 6.61 Å². The van der Waals surface area contributed by atoms with Crippen molar-refractivity contribution in [2.45, 2.75) is 13.8 Å². The summed E-state index contributed by atoms with van der Waals surface area (Å²) in [5.41, 5.74) is 2.30. The molecule has 0 atom stereocenters. The maximum Gasteiger partial charge on any atom is 0.338 e. The molecule has 142 valence electrons. The van der Waals surface area contributed by atoms with Crippen molar-refractivity contribution >= 4 is 29.1 Å². The lowest BCUT2D eigenvalue weighted by molar-refractivity contribution is -0.138. The lowest BCUT2D eigenvalue weighted by atomic mass is 9.95. The van der Waals surface area contributed by atoms with E-state index in [9.17, 15) is 14.7 Å². The fourth-order valence-corrected chi connectivity index (χ4v) is 3.19. The molecule has 0 heterocycles. The average molecular weight is 395 g/mol. The van der Waals surface area contributed by atoms with Crippen molar-refractivity contribution in [1.29, 1.82) is 0 Å². The Hall–Kier alpha value is -3.11. The number of Topliss-reactive ketones (excluding diaryl/α,β-unsaturated/α-hetero) is 1. The summed E-state index contributed by atoms with van der Waals surface area (Å²) in [7, 11) is 0. The number of hydrogen-bond donors (Lipinski definition) is 1. The van der Waals surface area contributed by atoms with E-state index in [4.69, 9.17) is 16.3 Å². The Morgan fingerprint density at radius 3 is 2.25 bits per heavy atom. The van der Waals surface area contributed by atoms with Gasteiger partial charge >= 0.3 is 5.97 Å². The molecule has 5 heteroatoms. The van der Waals surface area contributed by atoms with E-state index in [-0.39, 0.29) is 29.3 Å². The Balaban J connectivity index is 2.15. The normalized spacial score (nSPS) is 15.3. The molecule has 2 aromatic rings. The van der Waals surface area contributed by atoms with Crippen molar-refractivity contribution < 1.29 is 19.4 Å². The standard InChI is InChI=1S/C23H19ClO4/c1-3-28-23(27)19-13-18(21(25)16-9-11-17(24)12-10-16)14(2)20(19)22(26)15-7-5-4-6-8-15/h4-13,25H,3H2,1-2H3/b21-18-. The molecule has 0 bridgehead atoms. The third kappa shape index (κ3) is 3.78. The molecule has 0 spiro atoms. The molecule has 1 aliphatic carbocycles. The first-order chi connectivity index (χ1) is 13.4. The highest BCUT2D eigenvalue weighted by Crippen LogP contribution is 2.37. The van der Waals surface area contributed by atoms with Crippen LogP contribution in [0.2, 0.25) is 5.02 Å². The zero-order chi connectivity index (χ0) is 20.3. The SMILES string of the molecule is CCOC(=O)C1=C/C(=C(/O)c2ccc(Cl)cc2)C(C)=C1C(=O)c1ccccc1. The smallest absolute Gasteiger partial charge is 0.338 e. The van der Waals surface area contributed by atoms with Crippen LogP contribution in [0.15, 0.2) is 83.0 Å². The van der Waals surface area contributed by atoms with Crippen LogP contribution in [-0.2, 0) is 9.53 Å². The zero-order valence-corrected chi connectivity index (χ0v) is 16.3. The molecule has 0 radical (unpaired) electrons. The molecule has 0 aromatic heterocycles. The van der Waals surface area contributed by atoms with Gasteiger partial charge in [-0.15, -0.1) is 0 Å². The van der Waals surface area contributed by atoms with Gasteiger partial charge < -0.3 is 9.84 Å². The van der Waals surface area contributed by atoms with Crippen molar-refractivity contribution in [1.82, 2.24) is 0 Å². The van der Waals surface area contributed by atoms with E-state index in [0.717, 1.165) is 0 Å². The van der Waals surface area contributed by atoms with Crippen LogP contribution in [0, 0.1) is 0 Å². The molecule has 0 amide bonds. The van der Waals surface area contributed by atoms with Crippen LogP contribution in [0.3, 0.4) is 0 Å². The van der Waals surface area contributed by atoms with E-state index in [1.54, 1.807) is 62.4 Å². The highest BCUT2D eigenvalue weighted by atomic mass is 35.5. The number of rotatable bonds is 5. The van der Waals surface area contributed by atoms with Gasteiger partial charge in [-0.1, -0.05) is 41.9 Å². The third-order valence-corrected chi connectivity index (χ3v) is 4.72. The van der Waals surface area contributed by atoms with Crippen LogP contribution in [0.5, 0.6) is 0 Å². The summed E-state index contributed by atoms with van der Waals surface area (Å²) in [6.45, 7) is 3.59. The molecule has 28 heavy (non-hydrogen) atoms. The number of carbonyl (C=O) groups is 2. The molecule has 1 N–H and O–H groups in total. The fraction of sp³-hybridized carbons (Fsp3) is 0.130. The lowest BCUT2D eigenvalue weighted by Crippen LogP contribution is -2.14. The molecule has 0 unspecified atom stereocenters. The summed E-state index contributed by atoms with van der Waals surface area (Å²) in [4.78, 5) is 25.6. The quantitative estimate of drug-likeness (QED) is 0.424. The monoisotopic (exact) mass is 394 g/mol. The summed E-state index contributed by atoms with van der Waals surface area (Å²) in [5, 5.41) is 11.3. The summed E-state index contributed by atoms with van der Waals surface area (Å²) in [6.07, 6.45) is 1.51. The van der Waals surface area contributed by atoms with Gasteiger partial charge in [0.1, 0.15) is 5.76 Å². The Morgan fingerprint density at radius 2 is 1.64 bits per heavy atom. The first-order valence-electron chi connectivity index (χ1n) is 8.83. The molecule has 0 fully saturated rings. The minimum Gasteiger partial charge on any atom is -0.507 e. The van der Waals surface area contributed by atoms with Crippen molar-refractivity contribution in [3.8, 4) is 0 Å². The number of ether oxygens (including phenoxy) is 1. The van der Waals surface area contributed by atoms with Gasteiger partial charge in [0.25, 0.3) is 0 Å². The number of esters is 1. The summed E-state index contributed by atoms with van der Waals surface area (Å²) in [6, 6.07) is 15.4. The van der Waals surface area contributed by atoms with Gasteiger partial charge in [0.05, 0.1) is 12.2 Å². The number of halogens is 1. The third-order valence-electron chi connectivity index (χ3n) is 4.47. The predicted molar refractivity (Wildman–Crippen MR) is 109 cm³/mol. The van der Waals surface area contributed by atoms with Gasteiger partial charge in [0.15, 0.2) is 5.78 Å². The maximum absolute atomic E-state index is 13.1. The van der Waals surface area contributed by atoms with E-state index >= 15 is 0 Å². The number of aliphatic hydroxyl groups excluding tert-OH is 1. The van der Waals surface area contributed by atoms with Gasteiger partial charge in [-0.2, -0.15) is 0 Å². The van der Waals surface area contributed by atoms with E-state index in [1.165, 1.54) is 6.08 Å². The number of aliphatic hydroxyl groups is 1. The number of ketones is 1. The highest BCUT2D eigenvalue weighted by Gasteiger charge is 2.32. The minimum atomic E-state index is -0.597. The van der Waals surface area contributed by atoms with Crippen LogP contribution in [0.1, 0.15) is 29.8 Å². The summed E-state index contributed by atoms with van der Waals surface area (Å²) >= 11 is 5.91. The largest absolute Gasteiger partial charge is 0.507 e. The topological polar surface area (TPSA) is 63.6 Å². The molecule has 0 saturated carbocycles. The summed E-state index contributed by atoms with van der Waals surface area (Å²) in [5.74, 6) is -0.928. The average Bonchev–Trinajstić information content (AvgIpc) is 3.05. The lowest BCUT2D eigenvalue weighted by Gasteiger charge is -2.09. The Kier molecular flexibility index (Phi) is 5.81. The van der Waals surface area contributed by atoms with Crippen molar-refractivity contribution in [3.63, 3.8) is 0 Å². The maximum atomic E-state index is 13.1. The molecule has 0 aliphatic heterocycles. The Morgan fingerprint density at radius 1 is 1.00 bits per heavy atom. The van der Waals surface area contributed by atoms with E-state index < -0.39 is 5.97 Å². The van der Waals surface area contributed by atoms with Gasteiger partial charge in [-0.3, -0.25) is 4.79 Å². The van der Waals surface area contributed by atoms with Crippen LogP contribution in [-0.4, -0.2) is 23.5 Å². The van der Waals surface area contributed by atoms with Gasteiger partial charge in [-0.05, 0) is 49.8 Å². The molecule has 0 saturated heterocycles. The van der Waals surface area contributed by atoms with E-state index in [1.807, 2.05) is 6.07 Å². The van der Waals surface area contributed by atoms with Crippen LogP contribution in [0.25, 0.3) is 5.76 Å². The second-order valence-electron chi connectivity index (χ2n) is 6.24. The Bertz CT molecular complexity index is 1010. The first kappa shape index (κ1) is 19.6. The highest BCUT2D eigenvalue weighted by molar-refractivity contribution is 6.30. The minimum absolute atomic E-state index is 0.0353. The number of benzene rings is 2. The fourth-order valence-electron chi connectivity index (χ4n) is 3.07. The van der Waals surface area contributed by atoms with Crippen molar-refractivity contribution in [3.05, 3.63) is 99.1 Å².